The van der Waals surface area contributed by atoms with E-state index in [2.05, 4.69) is 55.2 Å². The molecule has 2 aliphatic heterocycles. The van der Waals surface area contributed by atoms with Crippen molar-refractivity contribution < 1.29 is 19.3 Å². The minimum absolute atomic E-state index is 0.0783. The Bertz CT molecular complexity index is 1560. The second kappa shape index (κ2) is 13.5. The molecule has 7 heteroatoms. The van der Waals surface area contributed by atoms with Gasteiger partial charge >= 0.3 is 0 Å². The minimum atomic E-state index is -0.0783. The highest BCUT2D eigenvalue weighted by Gasteiger charge is 2.27. The fourth-order valence-corrected chi connectivity index (χ4v) is 5.95. The van der Waals surface area contributed by atoms with Gasteiger partial charge in [0, 0.05) is 37.0 Å². The van der Waals surface area contributed by atoms with Crippen LogP contribution in [0.4, 0.5) is 0 Å². The molecule has 1 saturated heterocycles. The van der Waals surface area contributed by atoms with Crippen LogP contribution in [0.3, 0.4) is 0 Å². The lowest BCUT2D eigenvalue weighted by atomic mass is 9.92. The van der Waals surface area contributed by atoms with Crippen molar-refractivity contribution in [3.05, 3.63) is 107 Å². The summed E-state index contributed by atoms with van der Waals surface area (Å²) in [5, 5.41) is 14.3. The van der Waals surface area contributed by atoms with E-state index >= 15 is 0 Å². The van der Waals surface area contributed by atoms with E-state index in [0.29, 0.717) is 30.7 Å². The number of fused-ring (bicyclic) bond motifs is 1. The maximum atomic E-state index is 9.89. The molecule has 1 fully saturated rings. The average molecular weight is 582 g/mol. The Labute approximate surface area is 255 Å². The van der Waals surface area contributed by atoms with Crippen LogP contribution in [0.25, 0.3) is 17.0 Å². The Kier molecular flexibility index (Phi) is 9.53. The molecule has 5 rings (SSSR count). The van der Waals surface area contributed by atoms with E-state index in [9.17, 15) is 5.11 Å². The van der Waals surface area contributed by atoms with Gasteiger partial charge in [-0.05, 0) is 80.0 Å². The third-order valence-corrected chi connectivity index (χ3v) is 8.30. The molecular weight excluding hydrogens is 538 g/mol. The average Bonchev–Trinajstić information content (AvgIpc) is 3.67. The standard InChI is InChI=1S/C36H43N3O4/c1-7-42-36-33(28(6)40)20-37-39(36)27(5)12-8-10-24(2)32-13-9-11-25(3)35(32)43-22-29-18-26(4)34-21-38(16-14-30(34)19-29)31-15-17-41-23-31/h8-13,18-20,31,40H,2,6-7,14-17,21-23H2,1,3-5H3/b10-8-,27-12+. The number of hydrogen-bond donors (Lipinski definition) is 1. The summed E-state index contributed by atoms with van der Waals surface area (Å²) < 4.78 is 19.5. The second-order valence-corrected chi connectivity index (χ2v) is 11.4. The Morgan fingerprint density at radius 3 is 2.74 bits per heavy atom. The zero-order chi connectivity index (χ0) is 30.5. The summed E-state index contributed by atoms with van der Waals surface area (Å²) in [7, 11) is 0. The number of aliphatic hydroxyl groups is 1. The summed E-state index contributed by atoms with van der Waals surface area (Å²) in [6.45, 7) is 20.8. The maximum Gasteiger partial charge on any atom is 0.227 e. The molecule has 1 unspecified atom stereocenters. The maximum absolute atomic E-state index is 9.89. The summed E-state index contributed by atoms with van der Waals surface area (Å²) in [6, 6.07) is 11.3. The first kappa shape index (κ1) is 30.4. The number of rotatable bonds is 11. The normalized spacial score (nSPS) is 17.3. The van der Waals surface area contributed by atoms with Gasteiger partial charge in [-0.2, -0.15) is 5.10 Å². The molecule has 1 atom stereocenters. The van der Waals surface area contributed by atoms with Crippen LogP contribution in [-0.2, 0) is 24.3 Å². The highest BCUT2D eigenvalue weighted by atomic mass is 16.5. The number of ether oxygens (including phenoxy) is 3. The highest BCUT2D eigenvalue weighted by Crippen LogP contribution is 2.32. The third-order valence-electron chi connectivity index (χ3n) is 8.30. The third kappa shape index (κ3) is 6.79. The molecule has 226 valence electrons. The number of allylic oxidation sites excluding steroid dienone is 5. The van der Waals surface area contributed by atoms with E-state index in [4.69, 9.17) is 14.2 Å². The van der Waals surface area contributed by atoms with E-state index in [1.165, 1.54) is 22.3 Å². The van der Waals surface area contributed by atoms with Crippen molar-refractivity contribution in [2.75, 3.05) is 26.4 Å². The number of aryl methyl sites for hydroxylation is 2. The quantitative estimate of drug-likeness (QED) is 0.190. The Morgan fingerprint density at radius 1 is 1.16 bits per heavy atom. The van der Waals surface area contributed by atoms with Crippen LogP contribution in [0.5, 0.6) is 11.6 Å². The lowest BCUT2D eigenvalue weighted by Crippen LogP contribution is -2.39. The van der Waals surface area contributed by atoms with Gasteiger partial charge in [-0.25, -0.2) is 4.68 Å². The first-order chi connectivity index (χ1) is 20.8. The SMILES string of the molecule is C=C(/C=C\C=C(/C)n1ncc(C(=C)O)c1OCC)c1cccc(C)c1OCc1cc(C)c2c(c1)CCN(C1CCOC1)C2. The Morgan fingerprint density at radius 2 is 2.00 bits per heavy atom. The molecule has 0 radical (unpaired) electrons. The lowest BCUT2D eigenvalue weighted by Gasteiger charge is -2.34. The van der Waals surface area contributed by atoms with E-state index in [1.807, 2.05) is 44.2 Å². The molecular formula is C36H43N3O4. The molecule has 2 aromatic carbocycles. The minimum Gasteiger partial charge on any atom is -0.508 e. The van der Waals surface area contributed by atoms with Crippen LogP contribution in [0, 0.1) is 13.8 Å². The van der Waals surface area contributed by atoms with Crippen LogP contribution < -0.4 is 9.47 Å². The fourth-order valence-electron chi connectivity index (χ4n) is 5.95. The molecule has 2 aliphatic rings. The Hall–Kier alpha value is -4.07. The summed E-state index contributed by atoms with van der Waals surface area (Å²) in [4.78, 5) is 2.59. The van der Waals surface area contributed by atoms with Crippen LogP contribution in [0.15, 0.2) is 67.9 Å². The topological polar surface area (TPSA) is 69.0 Å². The molecule has 7 nitrogen and oxygen atoms in total. The number of aliphatic hydroxyl groups excluding tert-OH is 1. The van der Waals surface area contributed by atoms with E-state index in [-0.39, 0.29) is 5.76 Å². The number of para-hydroxylation sites is 1. The molecule has 0 amide bonds. The van der Waals surface area contributed by atoms with Crippen LogP contribution in [0.1, 0.15) is 59.2 Å². The molecule has 1 N–H and O–H groups in total. The molecule has 0 saturated carbocycles. The van der Waals surface area contributed by atoms with Gasteiger partial charge in [-0.1, -0.05) is 55.6 Å². The van der Waals surface area contributed by atoms with E-state index in [0.717, 1.165) is 67.3 Å². The Balaban J connectivity index is 1.29. The number of benzene rings is 2. The van der Waals surface area contributed by atoms with Crippen molar-refractivity contribution in [3.63, 3.8) is 0 Å². The lowest BCUT2D eigenvalue weighted by molar-refractivity contribution is 0.134. The van der Waals surface area contributed by atoms with Crippen molar-refractivity contribution in [2.24, 2.45) is 0 Å². The number of hydrogen-bond acceptors (Lipinski definition) is 6. The zero-order valence-electron chi connectivity index (χ0n) is 25.9. The van der Waals surface area contributed by atoms with Crippen molar-refractivity contribution >= 4 is 17.0 Å². The van der Waals surface area contributed by atoms with Gasteiger partial charge in [-0.3, -0.25) is 4.90 Å². The van der Waals surface area contributed by atoms with Gasteiger partial charge in [0.15, 0.2) is 0 Å². The van der Waals surface area contributed by atoms with Crippen LogP contribution in [-0.4, -0.2) is 52.2 Å². The van der Waals surface area contributed by atoms with Crippen molar-refractivity contribution in [1.29, 1.82) is 0 Å². The number of aromatic nitrogens is 2. The van der Waals surface area contributed by atoms with Crippen molar-refractivity contribution in [2.45, 2.75) is 59.7 Å². The molecule has 0 bridgehead atoms. The van der Waals surface area contributed by atoms with Crippen molar-refractivity contribution in [3.8, 4) is 11.6 Å². The monoisotopic (exact) mass is 581 g/mol. The molecule has 3 aromatic rings. The first-order valence-electron chi connectivity index (χ1n) is 15.1. The van der Waals surface area contributed by atoms with Gasteiger partial charge in [-0.15, -0.1) is 0 Å². The summed E-state index contributed by atoms with van der Waals surface area (Å²) in [6.07, 6.45) is 9.57. The fraction of sp³-hybridized carbons (Fsp3) is 0.361. The van der Waals surface area contributed by atoms with E-state index < -0.39 is 0 Å². The van der Waals surface area contributed by atoms with Gasteiger partial charge in [0.05, 0.1) is 25.0 Å². The second-order valence-electron chi connectivity index (χ2n) is 11.4. The predicted octanol–water partition coefficient (Wildman–Crippen LogP) is 7.28. The summed E-state index contributed by atoms with van der Waals surface area (Å²) in [5.41, 5.74) is 9.58. The van der Waals surface area contributed by atoms with Crippen LogP contribution >= 0.6 is 0 Å². The van der Waals surface area contributed by atoms with E-state index in [1.54, 1.807) is 10.9 Å². The summed E-state index contributed by atoms with van der Waals surface area (Å²) >= 11 is 0. The first-order valence-corrected chi connectivity index (χ1v) is 15.1. The molecule has 0 spiro atoms. The largest absolute Gasteiger partial charge is 0.508 e. The van der Waals surface area contributed by atoms with Gasteiger partial charge in [0.25, 0.3) is 0 Å². The molecule has 0 aliphatic carbocycles. The smallest absolute Gasteiger partial charge is 0.227 e. The zero-order valence-corrected chi connectivity index (χ0v) is 25.9. The van der Waals surface area contributed by atoms with Gasteiger partial charge in [0.2, 0.25) is 5.88 Å². The predicted molar refractivity (Wildman–Crippen MR) is 173 cm³/mol. The van der Waals surface area contributed by atoms with Crippen molar-refractivity contribution in [1.82, 2.24) is 14.7 Å². The number of nitrogens with zero attached hydrogens (tertiary/aromatic N) is 3. The highest BCUT2D eigenvalue weighted by molar-refractivity contribution is 5.77. The molecule has 43 heavy (non-hydrogen) atoms. The summed E-state index contributed by atoms with van der Waals surface area (Å²) in [5.74, 6) is 1.23. The van der Waals surface area contributed by atoms with Gasteiger partial charge in [0.1, 0.15) is 18.1 Å². The van der Waals surface area contributed by atoms with Gasteiger partial charge < -0.3 is 19.3 Å². The molecule has 3 heterocycles. The molecule has 1 aromatic heterocycles. The van der Waals surface area contributed by atoms with Crippen LogP contribution in [0.2, 0.25) is 0 Å².